The number of alkyl halides is 3. The van der Waals surface area contributed by atoms with Crippen LogP contribution < -0.4 is 15.4 Å². The smallest absolute Gasteiger partial charge is 0.453 e. The van der Waals surface area contributed by atoms with Crippen LogP contribution in [0.2, 0.25) is 0 Å². The van der Waals surface area contributed by atoms with E-state index in [1.807, 2.05) is 30.0 Å². The van der Waals surface area contributed by atoms with Crippen molar-refractivity contribution in [2.75, 3.05) is 19.6 Å². The normalized spacial score (nSPS) is 19.3. The van der Waals surface area contributed by atoms with Crippen LogP contribution in [-0.4, -0.2) is 62.9 Å². The van der Waals surface area contributed by atoms with Crippen LogP contribution in [0.15, 0.2) is 48.5 Å². The van der Waals surface area contributed by atoms with Gasteiger partial charge < -0.3 is 20.3 Å². The summed E-state index contributed by atoms with van der Waals surface area (Å²) in [4.78, 5) is 14.4. The number of piperidine rings is 1. The Morgan fingerprint density at radius 2 is 1.90 bits per heavy atom. The van der Waals surface area contributed by atoms with E-state index >= 15 is 0 Å². The fourth-order valence-electron chi connectivity index (χ4n) is 4.78. The van der Waals surface area contributed by atoms with Crippen molar-refractivity contribution < 1.29 is 22.7 Å². The average Bonchev–Trinajstić information content (AvgIpc) is 3.58. The van der Waals surface area contributed by atoms with E-state index in [0.29, 0.717) is 36.6 Å². The Bertz CT molecular complexity index is 1250. The first-order valence-corrected chi connectivity index (χ1v) is 12.8. The molecule has 1 saturated carbocycles. The minimum Gasteiger partial charge on any atom is -0.490 e. The van der Waals surface area contributed by atoms with Gasteiger partial charge in [0.15, 0.2) is 0 Å². The lowest BCUT2D eigenvalue weighted by molar-refractivity contribution is -0.146. The standard InChI is InChI=1S/C26H30F3N7O2.ClH/c1-2-30-25(37)35-13-12-22(21(16-35)17-6-4-3-5-7-17)31-15-18-14-19(8-11-23(18)38-20-9-10-20)36-24(26(27,28)29)32-33-34-36;/h3-8,11,14,20-22,31H,2,9-10,12-13,15-16H2,1H3,(H,30,37);1H/t21-,22-;/m0./s1. The molecule has 2 aliphatic rings. The van der Waals surface area contributed by atoms with E-state index in [0.717, 1.165) is 30.4 Å². The van der Waals surface area contributed by atoms with Gasteiger partial charge in [0, 0.05) is 43.7 Å². The van der Waals surface area contributed by atoms with Gasteiger partial charge in [0.1, 0.15) is 5.75 Å². The summed E-state index contributed by atoms with van der Waals surface area (Å²) in [6.45, 7) is 3.97. The van der Waals surface area contributed by atoms with Gasteiger partial charge in [-0.3, -0.25) is 0 Å². The molecule has 210 valence electrons. The summed E-state index contributed by atoms with van der Waals surface area (Å²) < 4.78 is 47.0. The molecule has 39 heavy (non-hydrogen) atoms. The first kappa shape index (κ1) is 28.6. The Hall–Kier alpha value is -3.38. The van der Waals surface area contributed by atoms with E-state index in [9.17, 15) is 18.0 Å². The molecular formula is C26H31ClF3N7O2. The second kappa shape index (κ2) is 12.2. The summed E-state index contributed by atoms with van der Waals surface area (Å²) >= 11 is 0. The molecule has 2 amide bonds. The van der Waals surface area contributed by atoms with Crippen LogP contribution in [0.5, 0.6) is 5.75 Å². The number of benzene rings is 2. The zero-order valence-electron chi connectivity index (χ0n) is 21.4. The van der Waals surface area contributed by atoms with E-state index in [1.165, 1.54) is 6.07 Å². The van der Waals surface area contributed by atoms with Crippen LogP contribution in [0, 0.1) is 0 Å². The second-order valence-corrected chi connectivity index (χ2v) is 9.60. The highest BCUT2D eigenvalue weighted by Crippen LogP contribution is 2.33. The summed E-state index contributed by atoms with van der Waals surface area (Å²) in [5.41, 5.74) is 2.04. The average molecular weight is 566 g/mol. The maximum Gasteiger partial charge on any atom is 0.453 e. The summed E-state index contributed by atoms with van der Waals surface area (Å²) in [5.74, 6) is -0.518. The summed E-state index contributed by atoms with van der Waals surface area (Å²) in [7, 11) is 0. The van der Waals surface area contributed by atoms with Gasteiger partial charge in [0.05, 0.1) is 11.8 Å². The molecule has 2 N–H and O–H groups in total. The number of halogens is 4. The lowest BCUT2D eigenvalue weighted by atomic mass is 9.86. The minimum absolute atomic E-state index is 0. The number of carbonyl (C=O) groups is 1. The second-order valence-electron chi connectivity index (χ2n) is 9.60. The molecule has 0 radical (unpaired) electrons. The number of carbonyl (C=O) groups excluding carboxylic acids is 1. The Kier molecular flexibility index (Phi) is 8.96. The van der Waals surface area contributed by atoms with Gasteiger partial charge >= 0.3 is 12.2 Å². The fraction of sp³-hybridized carbons (Fsp3) is 0.462. The SMILES string of the molecule is CCNC(=O)N1CC[C@H](NCc2cc(-n3nnnc3C(F)(F)F)ccc2OC2CC2)[C@H](c2ccccc2)C1.Cl. The van der Waals surface area contributed by atoms with Crippen molar-refractivity contribution in [1.82, 2.24) is 35.7 Å². The molecule has 13 heteroatoms. The zero-order valence-corrected chi connectivity index (χ0v) is 22.2. The number of hydrogen-bond donors (Lipinski definition) is 2. The van der Waals surface area contributed by atoms with Crippen molar-refractivity contribution in [2.45, 2.75) is 57.0 Å². The number of likely N-dealkylation sites (tertiary alicyclic amines) is 1. The lowest BCUT2D eigenvalue weighted by Crippen LogP contribution is -2.52. The predicted octanol–water partition coefficient (Wildman–Crippen LogP) is 4.32. The first-order valence-electron chi connectivity index (χ1n) is 12.8. The molecule has 2 aromatic carbocycles. The van der Waals surface area contributed by atoms with Crippen LogP contribution in [0.25, 0.3) is 5.69 Å². The Morgan fingerprint density at radius 3 is 2.59 bits per heavy atom. The first-order chi connectivity index (χ1) is 18.3. The number of nitrogens with zero attached hydrogens (tertiary/aromatic N) is 5. The molecule has 2 fully saturated rings. The molecule has 5 rings (SSSR count). The molecule has 2 heterocycles. The van der Waals surface area contributed by atoms with Crippen LogP contribution >= 0.6 is 12.4 Å². The van der Waals surface area contributed by atoms with Gasteiger partial charge in [-0.05, 0) is 60.4 Å². The molecule has 2 atom stereocenters. The fourth-order valence-corrected chi connectivity index (χ4v) is 4.78. The molecule has 1 aliphatic carbocycles. The monoisotopic (exact) mass is 565 g/mol. The molecule has 0 spiro atoms. The highest BCUT2D eigenvalue weighted by molar-refractivity contribution is 5.85. The number of amides is 2. The van der Waals surface area contributed by atoms with E-state index < -0.39 is 12.0 Å². The third-order valence-electron chi connectivity index (χ3n) is 6.84. The number of rotatable bonds is 8. The Balaban J connectivity index is 0.00000353. The Morgan fingerprint density at radius 1 is 1.13 bits per heavy atom. The zero-order chi connectivity index (χ0) is 26.7. The molecule has 3 aromatic rings. The molecule has 0 unspecified atom stereocenters. The van der Waals surface area contributed by atoms with E-state index in [4.69, 9.17) is 4.74 Å². The summed E-state index contributed by atoms with van der Waals surface area (Å²) in [6, 6.07) is 14.8. The third-order valence-corrected chi connectivity index (χ3v) is 6.84. The topological polar surface area (TPSA) is 97.2 Å². The summed E-state index contributed by atoms with van der Waals surface area (Å²) in [6.07, 6.45) is -1.94. The van der Waals surface area contributed by atoms with Crippen molar-refractivity contribution in [3.05, 3.63) is 65.5 Å². The van der Waals surface area contributed by atoms with Crippen molar-refractivity contribution in [3.63, 3.8) is 0 Å². The maximum atomic E-state index is 13.4. The number of tetrazole rings is 1. The number of aromatic nitrogens is 4. The van der Waals surface area contributed by atoms with Gasteiger partial charge in [0.2, 0.25) is 0 Å². The van der Waals surface area contributed by atoms with Gasteiger partial charge in [-0.2, -0.15) is 17.9 Å². The van der Waals surface area contributed by atoms with E-state index in [2.05, 4.69) is 38.3 Å². The largest absolute Gasteiger partial charge is 0.490 e. The highest BCUT2D eigenvalue weighted by Gasteiger charge is 2.39. The molecule has 0 bridgehead atoms. The lowest BCUT2D eigenvalue weighted by Gasteiger charge is -2.39. The van der Waals surface area contributed by atoms with Crippen molar-refractivity contribution in [1.29, 1.82) is 0 Å². The third kappa shape index (κ3) is 6.80. The number of urea groups is 1. The van der Waals surface area contributed by atoms with Crippen LogP contribution in [-0.2, 0) is 12.7 Å². The van der Waals surface area contributed by atoms with Crippen LogP contribution in [0.3, 0.4) is 0 Å². The number of ether oxygens (including phenoxy) is 1. The van der Waals surface area contributed by atoms with Crippen molar-refractivity contribution >= 4 is 18.4 Å². The van der Waals surface area contributed by atoms with Crippen LogP contribution in [0.1, 0.15) is 49.1 Å². The van der Waals surface area contributed by atoms with E-state index in [-0.39, 0.29) is 42.2 Å². The minimum atomic E-state index is -4.69. The number of nitrogens with one attached hydrogen (secondary N) is 2. The summed E-state index contributed by atoms with van der Waals surface area (Å²) in [5, 5.41) is 16.5. The van der Waals surface area contributed by atoms with Crippen LogP contribution in [0.4, 0.5) is 18.0 Å². The molecule has 1 aliphatic heterocycles. The van der Waals surface area contributed by atoms with Gasteiger partial charge in [-0.15, -0.1) is 17.5 Å². The highest BCUT2D eigenvalue weighted by atomic mass is 35.5. The van der Waals surface area contributed by atoms with Gasteiger partial charge in [-0.25, -0.2) is 4.79 Å². The molecular weight excluding hydrogens is 535 g/mol. The van der Waals surface area contributed by atoms with Gasteiger partial charge in [-0.1, -0.05) is 30.3 Å². The maximum absolute atomic E-state index is 13.4. The quantitative estimate of drug-likeness (QED) is 0.422. The van der Waals surface area contributed by atoms with E-state index in [1.54, 1.807) is 12.1 Å². The molecule has 1 saturated heterocycles. The predicted molar refractivity (Wildman–Crippen MR) is 140 cm³/mol. The number of hydrogen-bond acceptors (Lipinski definition) is 6. The van der Waals surface area contributed by atoms with Crippen molar-refractivity contribution in [2.24, 2.45) is 0 Å². The van der Waals surface area contributed by atoms with Crippen molar-refractivity contribution in [3.8, 4) is 11.4 Å². The Labute approximate surface area is 230 Å². The molecule has 9 nitrogen and oxygen atoms in total. The molecule has 1 aromatic heterocycles. The van der Waals surface area contributed by atoms with Gasteiger partial charge in [0.25, 0.3) is 5.82 Å².